The van der Waals surface area contributed by atoms with Crippen LogP contribution in [0.4, 0.5) is 5.95 Å². The van der Waals surface area contributed by atoms with E-state index in [0.717, 1.165) is 0 Å². The molecule has 0 saturated carbocycles. The Kier molecular flexibility index (Phi) is 1.60. The quantitative estimate of drug-likeness (QED) is 0.528. The molecule has 0 spiro atoms. The Bertz CT molecular complexity index is 441. The molecule has 0 fully saturated rings. The van der Waals surface area contributed by atoms with Crippen LogP contribution in [0.15, 0.2) is 4.79 Å². The predicted molar refractivity (Wildman–Crippen MR) is 48.9 cm³/mol. The van der Waals surface area contributed by atoms with Crippen molar-refractivity contribution < 1.29 is 4.79 Å². The van der Waals surface area contributed by atoms with Crippen LogP contribution in [0.3, 0.4) is 0 Å². The van der Waals surface area contributed by atoms with Gasteiger partial charge in [0.2, 0.25) is 5.95 Å². The van der Waals surface area contributed by atoms with Crippen molar-refractivity contribution in [2.45, 2.75) is 6.54 Å². The Morgan fingerprint density at radius 1 is 1.54 bits per heavy atom. The highest BCUT2D eigenvalue weighted by Gasteiger charge is 2.29. The summed E-state index contributed by atoms with van der Waals surface area (Å²) in [7, 11) is 2.23. The first-order chi connectivity index (χ1) is 6.09. The number of nitrogen functional groups attached to an aromatic ring is 1. The molecule has 1 atom stereocenters. The summed E-state index contributed by atoms with van der Waals surface area (Å²) >= 11 is 0. The number of carbonyl (C=O) groups is 1. The van der Waals surface area contributed by atoms with Crippen LogP contribution in [0.5, 0.6) is 0 Å². The second kappa shape index (κ2) is 2.53. The fraction of sp³-hybridized carbons (Fsp3) is 0.167. The van der Waals surface area contributed by atoms with Gasteiger partial charge >= 0.3 is 0 Å². The van der Waals surface area contributed by atoms with E-state index in [0.29, 0.717) is 5.56 Å². The van der Waals surface area contributed by atoms with Crippen molar-refractivity contribution in [2.24, 2.45) is 0 Å². The van der Waals surface area contributed by atoms with Gasteiger partial charge in [-0.15, -0.1) is 0 Å². The number of hydrogen-bond donors (Lipinski definition) is 2. The van der Waals surface area contributed by atoms with Gasteiger partial charge in [0.1, 0.15) is 5.69 Å². The molecular weight excluding hydrogens is 191 g/mol. The van der Waals surface area contributed by atoms with E-state index in [2.05, 4.69) is 19.4 Å². The van der Waals surface area contributed by atoms with Crippen molar-refractivity contribution in [3.05, 3.63) is 21.6 Å². The first-order valence-corrected chi connectivity index (χ1v) is 4.06. The van der Waals surface area contributed by atoms with Gasteiger partial charge in [-0.2, -0.15) is 0 Å². The molecule has 3 N–H and O–H groups in total. The normalized spacial score (nSPS) is 14.8. The van der Waals surface area contributed by atoms with Gasteiger partial charge in [-0.1, -0.05) is 0 Å². The molecule has 13 heavy (non-hydrogen) atoms. The second-order valence-electron chi connectivity index (χ2n) is 2.71. The number of rotatable bonds is 0. The molecule has 1 aliphatic heterocycles. The first kappa shape index (κ1) is 8.19. The Labute approximate surface area is 75.4 Å². The molecule has 0 radical (unpaired) electrons. The number of amides is 1. The third kappa shape index (κ3) is 1.10. The summed E-state index contributed by atoms with van der Waals surface area (Å²) in [6.45, 7) is 0.265. The second-order valence-corrected chi connectivity index (χ2v) is 3.33. The van der Waals surface area contributed by atoms with Crippen LogP contribution >= 0.6 is 9.39 Å². The third-order valence-electron chi connectivity index (χ3n) is 1.83. The van der Waals surface area contributed by atoms with Crippen LogP contribution in [0.2, 0.25) is 0 Å². The van der Waals surface area contributed by atoms with Gasteiger partial charge < -0.3 is 10.4 Å². The summed E-state index contributed by atoms with van der Waals surface area (Å²) in [4.78, 5) is 28.7. The van der Waals surface area contributed by atoms with Gasteiger partial charge in [0.05, 0.1) is 12.1 Å². The maximum atomic E-state index is 11.3. The molecule has 7 heteroatoms. The fourth-order valence-electron chi connectivity index (χ4n) is 1.22. The minimum Gasteiger partial charge on any atom is -0.369 e. The monoisotopic (exact) mass is 198 g/mol. The smallest absolute Gasteiger partial charge is 0.276 e. The number of nitrogens with one attached hydrogen (secondary N) is 1. The number of anilines is 1. The summed E-state index contributed by atoms with van der Waals surface area (Å²) in [5, 5.41) is 0. The summed E-state index contributed by atoms with van der Waals surface area (Å²) < 4.78 is 1.34. The number of H-pyrrole nitrogens is 1. The fourth-order valence-corrected chi connectivity index (χ4v) is 1.52. The van der Waals surface area contributed by atoms with Crippen molar-refractivity contribution in [3.63, 3.8) is 0 Å². The van der Waals surface area contributed by atoms with E-state index in [4.69, 9.17) is 5.73 Å². The van der Waals surface area contributed by atoms with E-state index in [1.165, 1.54) is 4.67 Å². The molecule has 1 amide bonds. The van der Waals surface area contributed by atoms with Crippen LogP contribution < -0.4 is 11.3 Å². The SMILES string of the molecule is Nc1nc2c(c(=O)[nH]1)CN(P)C2=O. The average molecular weight is 198 g/mol. The summed E-state index contributed by atoms with van der Waals surface area (Å²) in [5.74, 6) is -0.324. The number of fused-ring (bicyclic) bond motifs is 1. The summed E-state index contributed by atoms with van der Waals surface area (Å²) in [6.07, 6.45) is 0. The van der Waals surface area contributed by atoms with E-state index < -0.39 is 0 Å². The van der Waals surface area contributed by atoms with E-state index in [1.54, 1.807) is 0 Å². The molecule has 0 bridgehead atoms. The molecule has 68 valence electrons. The number of nitrogens with zero attached hydrogens (tertiary/aromatic N) is 2. The van der Waals surface area contributed by atoms with Crippen molar-refractivity contribution >= 4 is 21.2 Å². The number of hydrogen-bond acceptors (Lipinski definition) is 4. The number of aromatic amines is 1. The molecular formula is C6H7N4O2P. The zero-order valence-electron chi connectivity index (χ0n) is 6.57. The largest absolute Gasteiger partial charge is 0.369 e. The molecule has 2 heterocycles. The summed E-state index contributed by atoms with van der Waals surface area (Å²) in [5.41, 5.74) is 5.47. The lowest BCUT2D eigenvalue weighted by Gasteiger charge is -2.03. The lowest BCUT2D eigenvalue weighted by Crippen LogP contribution is -2.17. The van der Waals surface area contributed by atoms with Crippen LogP contribution in [-0.4, -0.2) is 20.5 Å². The minimum atomic E-state index is -0.346. The molecule has 2 rings (SSSR count). The molecule has 6 nitrogen and oxygen atoms in total. The highest BCUT2D eigenvalue weighted by atomic mass is 31.0. The Balaban J connectivity index is 2.71. The molecule has 1 aromatic rings. The van der Waals surface area contributed by atoms with E-state index in [1.807, 2.05) is 0 Å². The number of aromatic nitrogens is 2. The highest BCUT2D eigenvalue weighted by Crippen LogP contribution is 2.20. The maximum absolute atomic E-state index is 11.3. The van der Waals surface area contributed by atoms with Gasteiger partial charge in [-0.05, 0) is 9.39 Å². The Hall–Kier alpha value is -1.42. The molecule has 0 aliphatic carbocycles. The van der Waals surface area contributed by atoms with Crippen molar-refractivity contribution in [3.8, 4) is 0 Å². The van der Waals surface area contributed by atoms with Crippen molar-refractivity contribution in [1.29, 1.82) is 0 Å². The lowest BCUT2D eigenvalue weighted by molar-refractivity contribution is 0.0884. The Morgan fingerprint density at radius 2 is 2.23 bits per heavy atom. The zero-order chi connectivity index (χ0) is 9.59. The van der Waals surface area contributed by atoms with Gasteiger partial charge in [0, 0.05) is 0 Å². The maximum Gasteiger partial charge on any atom is 0.276 e. The lowest BCUT2D eigenvalue weighted by atomic mass is 10.3. The third-order valence-corrected chi connectivity index (χ3v) is 2.24. The van der Waals surface area contributed by atoms with Crippen molar-refractivity contribution in [1.82, 2.24) is 14.6 Å². The van der Waals surface area contributed by atoms with Crippen LogP contribution in [-0.2, 0) is 6.54 Å². The number of carbonyl (C=O) groups excluding carboxylic acids is 1. The van der Waals surface area contributed by atoms with Crippen molar-refractivity contribution in [2.75, 3.05) is 5.73 Å². The zero-order valence-corrected chi connectivity index (χ0v) is 7.73. The van der Waals surface area contributed by atoms with Gasteiger partial charge in [0.25, 0.3) is 11.5 Å². The number of nitrogens with two attached hydrogens (primary N) is 1. The topological polar surface area (TPSA) is 92.1 Å². The Morgan fingerprint density at radius 3 is 2.92 bits per heavy atom. The van der Waals surface area contributed by atoms with E-state index in [9.17, 15) is 9.59 Å². The molecule has 0 aromatic carbocycles. The highest BCUT2D eigenvalue weighted by molar-refractivity contribution is 7.14. The molecule has 1 aliphatic rings. The first-order valence-electron chi connectivity index (χ1n) is 3.55. The molecule has 0 saturated heterocycles. The van der Waals surface area contributed by atoms with Crippen LogP contribution in [0.1, 0.15) is 16.1 Å². The van der Waals surface area contributed by atoms with Gasteiger partial charge in [-0.3, -0.25) is 14.6 Å². The van der Waals surface area contributed by atoms with Gasteiger partial charge in [0.15, 0.2) is 0 Å². The summed E-state index contributed by atoms with van der Waals surface area (Å²) in [6, 6.07) is 0. The molecule has 1 aromatic heterocycles. The predicted octanol–water partition coefficient (Wildman–Crippen LogP) is -0.902. The van der Waals surface area contributed by atoms with Gasteiger partial charge in [-0.25, -0.2) is 4.98 Å². The van der Waals surface area contributed by atoms with Crippen LogP contribution in [0.25, 0.3) is 0 Å². The van der Waals surface area contributed by atoms with Crippen LogP contribution in [0, 0.1) is 0 Å². The average Bonchev–Trinajstić information content (AvgIpc) is 2.32. The molecule has 1 unspecified atom stereocenters. The van der Waals surface area contributed by atoms with E-state index >= 15 is 0 Å². The van der Waals surface area contributed by atoms with E-state index in [-0.39, 0.29) is 29.7 Å². The minimum absolute atomic E-state index is 0.0302. The standard InChI is InChI=1S/C6H7N4O2P/c7-6-8-3-2(4(11)9-6)1-10(13)5(3)12/h1,13H2,(H3,7,8,9,11).